The van der Waals surface area contributed by atoms with Gasteiger partial charge in [-0.2, -0.15) is 0 Å². The fourth-order valence-corrected chi connectivity index (χ4v) is 2.15. The van der Waals surface area contributed by atoms with Gasteiger partial charge in [-0.3, -0.25) is 0 Å². The van der Waals surface area contributed by atoms with Crippen LogP contribution in [0.5, 0.6) is 0 Å². The van der Waals surface area contributed by atoms with Gasteiger partial charge in [-0.25, -0.2) is 0 Å². The van der Waals surface area contributed by atoms with E-state index in [1.807, 2.05) is 0 Å². The number of fused-ring (bicyclic) bond motifs is 1. The third-order valence-electron chi connectivity index (χ3n) is 2.64. The lowest BCUT2D eigenvalue weighted by atomic mass is 10.4. The molecule has 2 nitrogen and oxygen atoms in total. The lowest BCUT2D eigenvalue weighted by Gasteiger charge is -2.11. The van der Waals surface area contributed by atoms with Crippen molar-refractivity contribution in [2.75, 3.05) is 27.2 Å². The van der Waals surface area contributed by atoms with Gasteiger partial charge in [-0.15, -0.1) is 0 Å². The molecule has 2 fully saturated rings. The molecule has 0 aromatic heterocycles. The normalized spacial score (nSPS) is 47.7. The minimum Gasteiger partial charge on any atom is -0.316 e. The molecule has 0 aromatic carbocycles. The van der Waals surface area contributed by atoms with Crippen molar-refractivity contribution in [1.82, 2.24) is 10.2 Å². The predicted octanol–water partition coefficient (Wildman–Crippen LogP) is -0.234. The van der Waals surface area contributed by atoms with Gasteiger partial charge in [0, 0.05) is 6.04 Å². The highest BCUT2D eigenvalue weighted by molar-refractivity contribution is 5.08. The Hall–Kier alpha value is -0.0800. The summed E-state index contributed by atoms with van der Waals surface area (Å²) in [5, 5.41) is 3.38. The van der Waals surface area contributed by atoms with Crippen molar-refractivity contribution in [1.29, 1.82) is 0 Å². The Kier molecular flexibility index (Phi) is 1.08. The van der Waals surface area contributed by atoms with E-state index in [1.54, 1.807) is 0 Å². The number of hydrogen-bond acceptors (Lipinski definition) is 2. The lowest BCUT2D eigenvalue weighted by Crippen LogP contribution is -2.26. The van der Waals surface area contributed by atoms with Gasteiger partial charge in [-0.1, -0.05) is 0 Å². The highest BCUT2D eigenvalue weighted by Crippen LogP contribution is 2.44. The summed E-state index contributed by atoms with van der Waals surface area (Å²) in [4.78, 5) is 2.36. The second kappa shape index (κ2) is 1.70. The van der Waals surface area contributed by atoms with Crippen LogP contribution in [0.2, 0.25) is 0 Å². The van der Waals surface area contributed by atoms with Gasteiger partial charge >= 0.3 is 0 Å². The summed E-state index contributed by atoms with van der Waals surface area (Å²) in [6, 6.07) is 0.909. The average molecular weight is 126 g/mol. The second-order valence-electron chi connectivity index (χ2n) is 3.44. The van der Waals surface area contributed by atoms with E-state index < -0.39 is 0 Å². The van der Waals surface area contributed by atoms with Gasteiger partial charge in [0.05, 0.1) is 0 Å². The van der Waals surface area contributed by atoms with Crippen molar-refractivity contribution in [3.63, 3.8) is 0 Å². The van der Waals surface area contributed by atoms with Crippen molar-refractivity contribution in [2.24, 2.45) is 11.8 Å². The fraction of sp³-hybridized carbons (Fsp3) is 1.00. The molecule has 0 unspecified atom stereocenters. The van der Waals surface area contributed by atoms with Crippen molar-refractivity contribution in [3.05, 3.63) is 0 Å². The van der Waals surface area contributed by atoms with Crippen molar-refractivity contribution >= 4 is 0 Å². The van der Waals surface area contributed by atoms with E-state index in [0.29, 0.717) is 0 Å². The van der Waals surface area contributed by atoms with E-state index in [1.165, 1.54) is 13.1 Å². The van der Waals surface area contributed by atoms with Crippen LogP contribution in [0.3, 0.4) is 0 Å². The molecular formula is C7H14N2. The molecule has 1 aliphatic carbocycles. The highest BCUT2D eigenvalue weighted by Gasteiger charge is 2.53. The van der Waals surface area contributed by atoms with Crippen LogP contribution in [0, 0.1) is 11.8 Å². The summed E-state index contributed by atoms with van der Waals surface area (Å²) < 4.78 is 0. The van der Waals surface area contributed by atoms with E-state index in [9.17, 15) is 0 Å². The summed E-state index contributed by atoms with van der Waals surface area (Å²) >= 11 is 0. The molecule has 52 valence electrons. The first kappa shape index (κ1) is 5.69. The van der Waals surface area contributed by atoms with E-state index in [-0.39, 0.29) is 0 Å². The monoisotopic (exact) mass is 126 g/mol. The topological polar surface area (TPSA) is 15.3 Å². The van der Waals surface area contributed by atoms with Crippen LogP contribution in [0.15, 0.2) is 0 Å². The molecule has 0 aromatic rings. The van der Waals surface area contributed by atoms with Crippen molar-refractivity contribution in [3.8, 4) is 0 Å². The van der Waals surface area contributed by atoms with Gasteiger partial charge in [0.15, 0.2) is 0 Å². The molecule has 1 aliphatic heterocycles. The molecular weight excluding hydrogens is 112 g/mol. The Morgan fingerprint density at radius 2 is 1.78 bits per heavy atom. The van der Waals surface area contributed by atoms with Gasteiger partial charge < -0.3 is 10.2 Å². The molecule has 2 heteroatoms. The number of rotatable bonds is 1. The zero-order valence-electron chi connectivity index (χ0n) is 6.09. The van der Waals surface area contributed by atoms with E-state index in [4.69, 9.17) is 0 Å². The molecule has 0 radical (unpaired) electrons. The molecule has 0 spiro atoms. The van der Waals surface area contributed by atoms with Crippen LogP contribution in [-0.2, 0) is 0 Å². The number of piperidine rings is 1. The summed E-state index contributed by atoms with van der Waals surface area (Å²) in [6.45, 7) is 2.51. The van der Waals surface area contributed by atoms with Gasteiger partial charge in [0.1, 0.15) is 0 Å². The Bertz CT molecular complexity index is 112. The first-order valence-corrected chi connectivity index (χ1v) is 3.68. The molecule has 3 atom stereocenters. The van der Waals surface area contributed by atoms with Crippen molar-refractivity contribution < 1.29 is 0 Å². The maximum Gasteiger partial charge on any atom is 0.0177 e. The van der Waals surface area contributed by atoms with Gasteiger partial charge in [0.2, 0.25) is 0 Å². The summed E-state index contributed by atoms with van der Waals surface area (Å²) in [7, 11) is 4.37. The molecule has 1 saturated carbocycles. The number of hydrogen-bond donors (Lipinski definition) is 1. The lowest BCUT2D eigenvalue weighted by molar-refractivity contribution is 0.350. The molecule has 2 aliphatic rings. The fourth-order valence-electron chi connectivity index (χ4n) is 2.15. The first-order valence-electron chi connectivity index (χ1n) is 3.68. The zero-order chi connectivity index (χ0) is 6.43. The molecule has 2 rings (SSSR count). The molecule has 1 saturated heterocycles. The minimum atomic E-state index is 0.909. The Morgan fingerprint density at radius 3 is 2.11 bits per heavy atom. The molecule has 1 N–H and O–H groups in total. The average Bonchev–Trinajstić information content (AvgIpc) is 2.30. The zero-order valence-corrected chi connectivity index (χ0v) is 6.09. The third-order valence-corrected chi connectivity index (χ3v) is 2.64. The van der Waals surface area contributed by atoms with Gasteiger partial charge in [0.25, 0.3) is 0 Å². The van der Waals surface area contributed by atoms with Crippen molar-refractivity contribution in [2.45, 2.75) is 6.04 Å². The van der Waals surface area contributed by atoms with Crippen LogP contribution >= 0.6 is 0 Å². The van der Waals surface area contributed by atoms with Crippen LogP contribution in [0.1, 0.15) is 0 Å². The maximum atomic E-state index is 3.38. The largest absolute Gasteiger partial charge is 0.316 e. The highest BCUT2D eigenvalue weighted by atomic mass is 15.2. The van der Waals surface area contributed by atoms with Crippen LogP contribution < -0.4 is 5.32 Å². The summed E-state index contributed by atoms with van der Waals surface area (Å²) in [5.41, 5.74) is 0. The molecule has 1 heterocycles. The maximum absolute atomic E-state index is 3.38. The third kappa shape index (κ3) is 0.700. The summed E-state index contributed by atoms with van der Waals surface area (Å²) in [5.74, 6) is 1.97. The SMILES string of the molecule is CN(C)[C@H]1[C@@H]2CNC[C@@H]21. The number of nitrogens with one attached hydrogen (secondary N) is 1. The quantitative estimate of drug-likeness (QED) is 0.522. The van der Waals surface area contributed by atoms with E-state index in [0.717, 1.165) is 17.9 Å². The Morgan fingerprint density at radius 1 is 1.22 bits per heavy atom. The molecule has 9 heavy (non-hydrogen) atoms. The Labute approximate surface area is 56.2 Å². The smallest absolute Gasteiger partial charge is 0.0177 e. The minimum absolute atomic E-state index is 0.909. The first-order chi connectivity index (χ1) is 4.30. The van der Waals surface area contributed by atoms with Crippen LogP contribution in [0.25, 0.3) is 0 Å². The molecule has 0 amide bonds. The van der Waals surface area contributed by atoms with Crippen LogP contribution in [0.4, 0.5) is 0 Å². The number of nitrogens with zero attached hydrogens (tertiary/aromatic N) is 1. The summed E-state index contributed by atoms with van der Waals surface area (Å²) in [6.07, 6.45) is 0. The van der Waals surface area contributed by atoms with E-state index in [2.05, 4.69) is 24.3 Å². The van der Waals surface area contributed by atoms with E-state index >= 15 is 0 Å². The second-order valence-corrected chi connectivity index (χ2v) is 3.44. The predicted molar refractivity (Wildman–Crippen MR) is 37.3 cm³/mol. The van der Waals surface area contributed by atoms with Crippen LogP contribution in [-0.4, -0.2) is 38.1 Å². The molecule has 0 bridgehead atoms. The van der Waals surface area contributed by atoms with Gasteiger partial charge in [-0.05, 0) is 39.0 Å². The Balaban J connectivity index is 1.94. The standard InChI is InChI=1S/C7H14N2/c1-9(2)7-5-3-8-4-6(5)7/h5-8H,3-4H2,1-2H3/t5-,6+,7+.